The van der Waals surface area contributed by atoms with Gasteiger partial charge in [0.15, 0.2) is 5.43 Å². The summed E-state index contributed by atoms with van der Waals surface area (Å²) in [7, 11) is 0. The fourth-order valence-corrected chi connectivity index (χ4v) is 1.50. The van der Waals surface area contributed by atoms with Crippen LogP contribution in [0, 0.1) is 6.92 Å². The summed E-state index contributed by atoms with van der Waals surface area (Å²) in [6.07, 6.45) is 2.89. The highest BCUT2D eigenvalue weighted by molar-refractivity contribution is 6.04. The summed E-state index contributed by atoms with van der Waals surface area (Å²) in [4.78, 5) is 26.0. The first-order valence-electron chi connectivity index (χ1n) is 5.22. The summed E-state index contributed by atoms with van der Waals surface area (Å²) in [6, 6.07) is 8.74. The van der Waals surface area contributed by atoms with Gasteiger partial charge in [0.1, 0.15) is 5.56 Å². The number of rotatable bonds is 2. The Bertz CT molecular complexity index is 602. The quantitative estimate of drug-likeness (QED) is 0.825. The smallest absolute Gasteiger partial charge is 0.261 e. The van der Waals surface area contributed by atoms with Crippen molar-refractivity contribution in [2.24, 2.45) is 0 Å². The van der Waals surface area contributed by atoms with E-state index >= 15 is 0 Å². The van der Waals surface area contributed by atoms with Crippen LogP contribution in [0.1, 0.15) is 15.9 Å². The molecule has 0 unspecified atom stereocenters. The number of H-pyrrole nitrogens is 1. The highest BCUT2D eigenvalue weighted by Gasteiger charge is 2.10. The number of carbonyl (C=O) groups excluding carboxylic acids is 1. The Morgan fingerprint density at radius 1 is 1.24 bits per heavy atom. The SMILES string of the molecule is Cc1ccccc1NC(=O)c1c[nH]ccc1=O. The molecule has 0 bridgehead atoms. The van der Waals surface area contributed by atoms with Gasteiger partial charge in [0, 0.05) is 24.1 Å². The number of hydrogen-bond acceptors (Lipinski definition) is 2. The molecule has 2 N–H and O–H groups in total. The van der Waals surface area contributed by atoms with Crippen molar-refractivity contribution in [2.45, 2.75) is 6.92 Å². The number of hydrogen-bond donors (Lipinski definition) is 2. The first-order chi connectivity index (χ1) is 8.18. The van der Waals surface area contributed by atoms with Gasteiger partial charge in [-0.05, 0) is 18.6 Å². The molecule has 0 fully saturated rings. The Hall–Kier alpha value is -2.36. The first-order valence-corrected chi connectivity index (χ1v) is 5.22. The van der Waals surface area contributed by atoms with Gasteiger partial charge in [-0.2, -0.15) is 0 Å². The Labute approximate surface area is 98.3 Å². The fourth-order valence-electron chi connectivity index (χ4n) is 1.50. The van der Waals surface area contributed by atoms with E-state index in [1.165, 1.54) is 18.5 Å². The number of aryl methyl sites for hydroxylation is 1. The lowest BCUT2D eigenvalue weighted by atomic mass is 10.2. The van der Waals surface area contributed by atoms with E-state index in [4.69, 9.17) is 0 Å². The molecule has 0 aliphatic carbocycles. The molecule has 4 nitrogen and oxygen atoms in total. The maximum Gasteiger partial charge on any atom is 0.261 e. The summed E-state index contributed by atoms with van der Waals surface area (Å²) >= 11 is 0. The summed E-state index contributed by atoms with van der Waals surface area (Å²) in [5, 5.41) is 2.71. The zero-order valence-corrected chi connectivity index (χ0v) is 9.36. The molecule has 2 rings (SSSR count). The molecule has 0 aliphatic heterocycles. The van der Waals surface area contributed by atoms with Gasteiger partial charge in [0.2, 0.25) is 0 Å². The Balaban J connectivity index is 2.27. The average Bonchev–Trinajstić information content (AvgIpc) is 2.32. The Morgan fingerprint density at radius 3 is 2.71 bits per heavy atom. The van der Waals surface area contributed by atoms with E-state index in [-0.39, 0.29) is 11.0 Å². The van der Waals surface area contributed by atoms with E-state index in [9.17, 15) is 9.59 Å². The molecular weight excluding hydrogens is 216 g/mol. The lowest BCUT2D eigenvalue weighted by Gasteiger charge is -2.07. The number of carbonyl (C=O) groups is 1. The minimum atomic E-state index is -0.402. The van der Waals surface area contributed by atoms with Crippen molar-refractivity contribution in [2.75, 3.05) is 5.32 Å². The standard InChI is InChI=1S/C13H12N2O2/c1-9-4-2-3-5-11(9)15-13(17)10-8-14-7-6-12(10)16/h2-8H,1H3,(H,14,16)(H,15,17). The topological polar surface area (TPSA) is 62.0 Å². The lowest BCUT2D eigenvalue weighted by Crippen LogP contribution is -2.21. The van der Waals surface area contributed by atoms with Crippen LogP contribution in [0.25, 0.3) is 0 Å². The molecular formula is C13H12N2O2. The summed E-state index contributed by atoms with van der Waals surface area (Å²) in [6.45, 7) is 1.89. The van der Waals surface area contributed by atoms with E-state index in [0.717, 1.165) is 5.56 Å². The maximum absolute atomic E-state index is 11.9. The van der Waals surface area contributed by atoms with Crippen LogP contribution >= 0.6 is 0 Å². The molecule has 0 saturated carbocycles. The zero-order valence-electron chi connectivity index (χ0n) is 9.36. The van der Waals surface area contributed by atoms with Crippen molar-refractivity contribution in [3.05, 3.63) is 64.1 Å². The minimum Gasteiger partial charge on any atom is -0.367 e. The van der Waals surface area contributed by atoms with Gasteiger partial charge in [-0.1, -0.05) is 18.2 Å². The van der Waals surface area contributed by atoms with E-state index in [1.54, 1.807) is 6.07 Å². The maximum atomic E-state index is 11.9. The normalized spacial score (nSPS) is 9.94. The third-order valence-corrected chi connectivity index (χ3v) is 2.46. The molecule has 2 aromatic rings. The first kappa shape index (κ1) is 11.1. The van der Waals surface area contributed by atoms with Crippen molar-refractivity contribution in [1.82, 2.24) is 4.98 Å². The second-order valence-electron chi connectivity index (χ2n) is 3.69. The van der Waals surface area contributed by atoms with Crippen LogP contribution in [0.5, 0.6) is 0 Å². The van der Waals surface area contributed by atoms with Crippen LogP contribution in [0.2, 0.25) is 0 Å². The van der Waals surface area contributed by atoms with Gasteiger partial charge < -0.3 is 10.3 Å². The molecule has 0 radical (unpaired) electrons. The molecule has 0 atom stereocenters. The van der Waals surface area contributed by atoms with Crippen LogP contribution < -0.4 is 10.7 Å². The predicted molar refractivity (Wildman–Crippen MR) is 66.2 cm³/mol. The van der Waals surface area contributed by atoms with Crippen molar-refractivity contribution < 1.29 is 4.79 Å². The molecule has 1 aromatic carbocycles. The molecule has 0 aliphatic rings. The van der Waals surface area contributed by atoms with E-state index in [2.05, 4.69) is 10.3 Å². The summed E-state index contributed by atoms with van der Waals surface area (Å²) in [5.41, 5.74) is 1.47. The molecule has 0 spiro atoms. The third kappa shape index (κ3) is 2.42. The molecule has 1 aromatic heterocycles. The van der Waals surface area contributed by atoms with Crippen LogP contribution in [0.4, 0.5) is 5.69 Å². The number of para-hydroxylation sites is 1. The van der Waals surface area contributed by atoms with E-state index in [1.807, 2.05) is 25.1 Å². The van der Waals surface area contributed by atoms with Crippen LogP contribution in [-0.2, 0) is 0 Å². The van der Waals surface area contributed by atoms with E-state index in [0.29, 0.717) is 5.69 Å². The van der Waals surface area contributed by atoms with Crippen molar-refractivity contribution in [3.63, 3.8) is 0 Å². The molecule has 1 heterocycles. The highest BCUT2D eigenvalue weighted by Crippen LogP contribution is 2.13. The van der Waals surface area contributed by atoms with Crippen molar-refractivity contribution in [3.8, 4) is 0 Å². The lowest BCUT2D eigenvalue weighted by molar-refractivity contribution is 0.102. The largest absolute Gasteiger partial charge is 0.367 e. The number of aromatic amines is 1. The second kappa shape index (κ2) is 4.65. The monoisotopic (exact) mass is 228 g/mol. The van der Waals surface area contributed by atoms with Gasteiger partial charge in [-0.25, -0.2) is 0 Å². The van der Waals surface area contributed by atoms with Crippen molar-refractivity contribution in [1.29, 1.82) is 0 Å². The second-order valence-corrected chi connectivity index (χ2v) is 3.69. The van der Waals surface area contributed by atoms with Gasteiger partial charge in [0.25, 0.3) is 5.91 Å². The molecule has 4 heteroatoms. The Kier molecular flexibility index (Phi) is 3.05. The van der Waals surface area contributed by atoms with Gasteiger partial charge >= 0.3 is 0 Å². The van der Waals surface area contributed by atoms with Gasteiger partial charge in [0.05, 0.1) is 0 Å². The number of pyridine rings is 1. The van der Waals surface area contributed by atoms with Crippen LogP contribution in [-0.4, -0.2) is 10.9 Å². The fraction of sp³-hybridized carbons (Fsp3) is 0.0769. The number of amides is 1. The minimum absolute atomic E-state index is 0.107. The molecule has 17 heavy (non-hydrogen) atoms. The van der Waals surface area contributed by atoms with Crippen LogP contribution in [0.3, 0.4) is 0 Å². The zero-order chi connectivity index (χ0) is 12.3. The summed E-state index contributed by atoms with van der Waals surface area (Å²) < 4.78 is 0. The highest BCUT2D eigenvalue weighted by atomic mass is 16.2. The predicted octanol–water partition coefficient (Wildman–Crippen LogP) is 1.94. The Morgan fingerprint density at radius 2 is 2.00 bits per heavy atom. The van der Waals surface area contributed by atoms with Crippen LogP contribution in [0.15, 0.2) is 47.5 Å². The molecule has 0 saturated heterocycles. The number of benzene rings is 1. The average molecular weight is 228 g/mol. The van der Waals surface area contributed by atoms with Gasteiger partial charge in [-0.3, -0.25) is 9.59 Å². The number of aromatic nitrogens is 1. The molecule has 1 amide bonds. The van der Waals surface area contributed by atoms with E-state index < -0.39 is 5.91 Å². The number of anilines is 1. The number of nitrogens with one attached hydrogen (secondary N) is 2. The van der Waals surface area contributed by atoms with Crippen molar-refractivity contribution >= 4 is 11.6 Å². The van der Waals surface area contributed by atoms with Gasteiger partial charge in [-0.15, -0.1) is 0 Å². The molecule has 86 valence electrons. The summed E-state index contributed by atoms with van der Waals surface area (Å²) in [5.74, 6) is -0.402. The third-order valence-electron chi connectivity index (χ3n) is 2.46.